The van der Waals surface area contributed by atoms with E-state index in [1.807, 2.05) is 0 Å². The molecule has 0 spiro atoms. The summed E-state index contributed by atoms with van der Waals surface area (Å²) in [5.74, 6) is 1.28. The highest BCUT2D eigenvalue weighted by atomic mass is 32.1. The lowest BCUT2D eigenvalue weighted by molar-refractivity contribution is 0.339. The number of ether oxygens (including phenoxy) is 2. The standard InChI is InChI=1S/C19H20N4O3S/c1-25-13-7-11(8-14(26-2)17(13)24)9-22-23-18-16-12-5-3-4-6-15(12)27-19(16)21-10-20-18/h7-8,10,24H,3-6,9H2,1-2H3. The molecule has 0 radical (unpaired) electrons. The molecule has 2 heterocycles. The fourth-order valence-electron chi connectivity index (χ4n) is 3.37. The molecule has 0 aliphatic heterocycles. The van der Waals surface area contributed by atoms with Crippen LogP contribution in [0.3, 0.4) is 0 Å². The fraction of sp³-hybridized carbons (Fsp3) is 0.368. The van der Waals surface area contributed by atoms with Gasteiger partial charge in [0.2, 0.25) is 5.75 Å². The average molecular weight is 384 g/mol. The fourth-order valence-corrected chi connectivity index (χ4v) is 4.60. The molecule has 3 aromatic rings. The Morgan fingerprint density at radius 3 is 2.59 bits per heavy atom. The highest BCUT2D eigenvalue weighted by Gasteiger charge is 2.19. The van der Waals surface area contributed by atoms with E-state index >= 15 is 0 Å². The van der Waals surface area contributed by atoms with Crippen molar-refractivity contribution in [3.05, 3.63) is 34.5 Å². The molecule has 0 atom stereocenters. The molecule has 1 N–H and O–H groups in total. The minimum absolute atomic E-state index is 0.0249. The predicted molar refractivity (Wildman–Crippen MR) is 103 cm³/mol. The second-order valence-corrected chi connectivity index (χ2v) is 7.42. The van der Waals surface area contributed by atoms with E-state index in [4.69, 9.17) is 9.47 Å². The summed E-state index contributed by atoms with van der Waals surface area (Å²) in [6.45, 7) is 0.324. The third kappa shape index (κ3) is 3.32. The summed E-state index contributed by atoms with van der Waals surface area (Å²) in [6.07, 6.45) is 6.13. The van der Waals surface area contributed by atoms with Crippen LogP contribution in [0.5, 0.6) is 17.2 Å². The first-order chi connectivity index (χ1) is 13.2. The second kappa shape index (κ2) is 7.48. The molecule has 8 heteroatoms. The van der Waals surface area contributed by atoms with E-state index in [1.165, 1.54) is 37.5 Å². The van der Waals surface area contributed by atoms with Crippen LogP contribution in [0.2, 0.25) is 0 Å². The van der Waals surface area contributed by atoms with E-state index in [1.54, 1.807) is 29.8 Å². The van der Waals surface area contributed by atoms with Gasteiger partial charge in [-0.1, -0.05) is 0 Å². The van der Waals surface area contributed by atoms with Gasteiger partial charge < -0.3 is 14.6 Å². The van der Waals surface area contributed by atoms with Crippen molar-refractivity contribution in [2.24, 2.45) is 10.2 Å². The first-order valence-corrected chi connectivity index (χ1v) is 9.59. The average Bonchev–Trinajstić information content (AvgIpc) is 3.08. The monoisotopic (exact) mass is 384 g/mol. The van der Waals surface area contributed by atoms with Crippen molar-refractivity contribution in [1.29, 1.82) is 0 Å². The van der Waals surface area contributed by atoms with E-state index in [9.17, 15) is 5.11 Å². The van der Waals surface area contributed by atoms with Gasteiger partial charge in [0, 0.05) is 4.88 Å². The maximum Gasteiger partial charge on any atom is 0.200 e. The van der Waals surface area contributed by atoms with Gasteiger partial charge in [-0.05, 0) is 48.9 Å². The molecule has 27 heavy (non-hydrogen) atoms. The van der Waals surface area contributed by atoms with Crippen molar-refractivity contribution in [2.45, 2.75) is 32.2 Å². The molecule has 0 fully saturated rings. The van der Waals surface area contributed by atoms with Crippen LogP contribution in [0, 0.1) is 0 Å². The number of azo groups is 1. The molecular weight excluding hydrogens is 364 g/mol. The lowest BCUT2D eigenvalue weighted by atomic mass is 9.97. The second-order valence-electron chi connectivity index (χ2n) is 6.34. The molecule has 2 aromatic heterocycles. The van der Waals surface area contributed by atoms with Crippen LogP contribution >= 0.6 is 11.3 Å². The van der Waals surface area contributed by atoms with Crippen LogP contribution in [0.4, 0.5) is 5.82 Å². The highest BCUT2D eigenvalue weighted by molar-refractivity contribution is 7.18. The molecule has 0 unspecified atom stereocenters. The normalized spacial score (nSPS) is 13.9. The van der Waals surface area contributed by atoms with E-state index in [-0.39, 0.29) is 5.75 Å². The van der Waals surface area contributed by atoms with Crippen molar-refractivity contribution in [2.75, 3.05) is 14.2 Å². The summed E-state index contributed by atoms with van der Waals surface area (Å²) in [5, 5.41) is 19.7. The molecule has 0 amide bonds. The van der Waals surface area contributed by atoms with Gasteiger partial charge in [0.05, 0.1) is 26.2 Å². The maximum absolute atomic E-state index is 10.0. The Morgan fingerprint density at radius 1 is 1.11 bits per heavy atom. The van der Waals surface area contributed by atoms with Crippen LogP contribution in [0.1, 0.15) is 28.8 Å². The van der Waals surface area contributed by atoms with Gasteiger partial charge in [-0.3, -0.25) is 0 Å². The molecule has 140 valence electrons. The lowest BCUT2D eigenvalue weighted by Gasteiger charge is -2.10. The van der Waals surface area contributed by atoms with E-state index in [0.29, 0.717) is 23.9 Å². The topological polar surface area (TPSA) is 89.2 Å². The quantitative estimate of drug-likeness (QED) is 0.651. The number of phenolic OH excluding ortho intramolecular Hbond substituents is 1. The number of aryl methyl sites for hydroxylation is 2. The first kappa shape index (κ1) is 17.7. The van der Waals surface area contributed by atoms with Gasteiger partial charge in [0.15, 0.2) is 17.3 Å². The molecule has 1 aromatic carbocycles. The zero-order chi connectivity index (χ0) is 18.8. The minimum Gasteiger partial charge on any atom is -0.502 e. The number of methoxy groups -OCH3 is 2. The number of fused-ring (bicyclic) bond motifs is 3. The Morgan fingerprint density at radius 2 is 1.85 bits per heavy atom. The molecule has 0 saturated heterocycles. The zero-order valence-electron chi connectivity index (χ0n) is 15.2. The van der Waals surface area contributed by atoms with Crippen LogP contribution in [-0.2, 0) is 19.4 Å². The number of thiophene rings is 1. The summed E-state index contributed by atoms with van der Waals surface area (Å²) < 4.78 is 10.4. The van der Waals surface area contributed by atoms with Gasteiger partial charge in [-0.15, -0.1) is 16.5 Å². The Hall–Kier alpha value is -2.74. The number of hydrogen-bond acceptors (Lipinski definition) is 8. The first-order valence-electron chi connectivity index (χ1n) is 8.78. The number of phenols is 1. The Balaban J connectivity index is 1.63. The lowest BCUT2D eigenvalue weighted by Crippen LogP contribution is -1.98. The van der Waals surface area contributed by atoms with Gasteiger partial charge in [0.1, 0.15) is 11.2 Å². The SMILES string of the molecule is COc1cc(CN=Nc2ncnc3sc4c(c23)CCCC4)cc(OC)c1O. The third-order valence-electron chi connectivity index (χ3n) is 4.69. The predicted octanol–water partition coefficient (Wildman–Crippen LogP) is 4.58. The van der Waals surface area contributed by atoms with Crippen molar-refractivity contribution < 1.29 is 14.6 Å². The molecule has 1 aliphatic carbocycles. The van der Waals surface area contributed by atoms with Crippen molar-refractivity contribution >= 4 is 27.4 Å². The number of hydrogen-bond donors (Lipinski definition) is 1. The summed E-state index contributed by atoms with van der Waals surface area (Å²) >= 11 is 1.74. The summed E-state index contributed by atoms with van der Waals surface area (Å²) in [7, 11) is 2.99. The highest BCUT2D eigenvalue weighted by Crippen LogP contribution is 2.40. The Bertz CT molecular complexity index is 991. The molecule has 0 saturated carbocycles. The number of benzene rings is 1. The van der Waals surface area contributed by atoms with Crippen LogP contribution in [0.15, 0.2) is 28.7 Å². The van der Waals surface area contributed by atoms with Gasteiger partial charge >= 0.3 is 0 Å². The van der Waals surface area contributed by atoms with E-state index in [0.717, 1.165) is 28.6 Å². The molecule has 4 rings (SSSR count). The Kier molecular flexibility index (Phi) is 4.89. The van der Waals surface area contributed by atoms with Crippen molar-refractivity contribution in [3.63, 3.8) is 0 Å². The van der Waals surface area contributed by atoms with Gasteiger partial charge in [-0.25, -0.2) is 9.97 Å². The number of aromatic nitrogens is 2. The summed E-state index contributed by atoms with van der Waals surface area (Å²) in [5.41, 5.74) is 2.16. The van der Waals surface area contributed by atoms with Crippen molar-refractivity contribution in [3.8, 4) is 17.2 Å². The summed E-state index contributed by atoms with van der Waals surface area (Å²) in [6, 6.07) is 3.44. The Labute approximate surface area is 160 Å². The number of aromatic hydroxyl groups is 1. The van der Waals surface area contributed by atoms with Crippen LogP contribution < -0.4 is 9.47 Å². The van der Waals surface area contributed by atoms with E-state index in [2.05, 4.69) is 20.2 Å². The molecule has 0 bridgehead atoms. The summed E-state index contributed by atoms with van der Waals surface area (Å²) in [4.78, 5) is 11.1. The molecule has 7 nitrogen and oxygen atoms in total. The maximum atomic E-state index is 10.0. The largest absolute Gasteiger partial charge is 0.502 e. The molecular formula is C19H20N4O3S. The van der Waals surface area contributed by atoms with Crippen LogP contribution in [-0.4, -0.2) is 29.3 Å². The van der Waals surface area contributed by atoms with Crippen molar-refractivity contribution in [1.82, 2.24) is 9.97 Å². The zero-order valence-corrected chi connectivity index (χ0v) is 16.0. The molecule has 1 aliphatic rings. The number of nitrogens with zero attached hydrogens (tertiary/aromatic N) is 4. The van der Waals surface area contributed by atoms with E-state index < -0.39 is 0 Å². The van der Waals surface area contributed by atoms with Crippen LogP contribution in [0.25, 0.3) is 10.2 Å². The minimum atomic E-state index is -0.0249. The number of rotatable bonds is 5. The van der Waals surface area contributed by atoms with Gasteiger partial charge in [-0.2, -0.15) is 5.11 Å². The third-order valence-corrected chi connectivity index (χ3v) is 5.89. The smallest absolute Gasteiger partial charge is 0.200 e. The van der Waals surface area contributed by atoms with Gasteiger partial charge in [0.25, 0.3) is 0 Å².